The highest BCUT2D eigenvalue weighted by atomic mass is 79.9. The van der Waals surface area contributed by atoms with E-state index < -0.39 is 5.56 Å². The maximum absolute atomic E-state index is 12.2. The molecule has 0 unspecified atom stereocenters. The summed E-state index contributed by atoms with van der Waals surface area (Å²) in [5.41, 5.74) is 3.85. The van der Waals surface area contributed by atoms with Crippen molar-refractivity contribution in [3.8, 4) is 23.1 Å². The van der Waals surface area contributed by atoms with Crippen LogP contribution in [0, 0.1) is 11.3 Å². The number of aromatic nitrogens is 2. The molecule has 0 bridgehead atoms. The molecule has 0 aliphatic rings. The minimum atomic E-state index is -0.536. The van der Waals surface area contributed by atoms with Crippen LogP contribution in [0.1, 0.15) is 11.1 Å². The molecule has 1 aromatic heterocycles. The summed E-state index contributed by atoms with van der Waals surface area (Å²) in [5.74, 6) is 0.823. The van der Waals surface area contributed by atoms with E-state index in [0.717, 1.165) is 10.0 Å². The van der Waals surface area contributed by atoms with Crippen molar-refractivity contribution in [2.75, 3.05) is 12.5 Å². The van der Waals surface area contributed by atoms with Crippen molar-refractivity contribution in [2.45, 2.75) is 0 Å². The minimum absolute atomic E-state index is 0.0498. The first-order valence-electron chi connectivity index (χ1n) is 7.85. The van der Waals surface area contributed by atoms with Gasteiger partial charge in [0, 0.05) is 15.6 Å². The van der Waals surface area contributed by atoms with Gasteiger partial charge >= 0.3 is 0 Å². The van der Waals surface area contributed by atoms with Gasteiger partial charge in [-0.1, -0.05) is 46.3 Å². The van der Waals surface area contributed by atoms with E-state index in [0.29, 0.717) is 17.0 Å². The Hall–Kier alpha value is -3.44. The van der Waals surface area contributed by atoms with E-state index in [1.165, 1.54) is 0 Å². The van der Waals surface area contributed by atoms with Crippen molar-refractivity contribution < 1.29 is 4.74 Å². The second kappa shape index (κ2) is 8.29. The number of benzene rings is 2. The summed E-state index contributed by atoms with van der Waals surface area (Å²) in [6.45, 7) is 0. The number of methoxy groups -OCH3 is 1. The first-order valence-corrected chi connectivity index (χ1v) is 8.64. The number of rotatable bonds is 5. The number of nitrogens with zero attached hydrogens (tertiary/aromatic N) is 3. The standard InChI is InChI=1S/C19H14BrN5O2/c1-27-14-7-8-16(20)13(9-14)11-22-25-19-23-17(12-5-3-2-4-6-12)15(10-21)18(26)24-19/h2-9,11H,1H3,(H2,23,24,25,26). The van der Waals surface area contributed by atoms with Crippen LogP contribution in [0.4, 0.5) is 5.95 Å². The van der Waals surface area contributed by atoms with Gasteiger partial charge in [-0.25, -0.2) is 10.4 Å². The van der Waals surface area contributed by atoms with E-state index >= 15 is 0 Å². The molecule has 7 nitrogen and oxygen atoms in total. The number of ether oxygens (including phenoxy) is 1. The van der Waals surface area contributed by atoms with Crippen molar-refractivity contribution >= 4 is 28.1 Å². The molecular weight excluding hydrogens is 410 g/mol. The fourth-order valence-electron chi connectivity index (χ4n) is 2.35. The number of H-pyrrole nitrogens is 1. The van der Waals surface area contributed by atoms with Gasteiger partial charge in [0.1, 0.15) is 17.4 Å². The van der Waals surface area contributed by atoms with Crippen molar-refractivity contribution in [3.63, 3.8) is 0 Å². The van der Waals surface area contributed by atoms with Gasteiger partial charge in [-0.15, -0.1) is 0 Å². The van der Waals surface area contributed by atoms with Crippen molar-refractivity contribution in [1.29, 1.82) is 5.26 Å². The monoisotopic (exact) mass is 423 g/mol. The summed E-state index contributed by atoms with van der Waals surface area (Å²) in [4.78, 5) is 19.0. The van der Waals surface area contributed by atoms with E-state index in [9.17, 15) is 10.1 Å². The van der Waals surface area contributed by atoms with Gasteiger partial charge in [0.15, 0.2) is 0 Å². The average molecular weight is 424 g/mol. The van der Waals surface area contributed by atoms with Crippen LogP contribution in [0.3, 0.4) is 0 Å². The Balaban J connectivity index is 1.91. The zero-order chi connectivity index (χ0) is 19.2. The molecule has 0 radical (unpaired) electrons. The molecule has 8 heteroatoms. The molecule has 0 amide bonds. The van der Waals surface area contributed by atoms with Crippen LogP contribution in [0.2, 0.25) is 0 Å². The third-order valence-electron chi connectivity index (χ3n) is 3.66. The summed E-state index contributed by atoms with van der Waals surface area (Å²) >= 11 is 3.43. The van der Waals surface area contributed by atoms with Crippen LogP contribution < -0.4 is 15.7 Å². The van der Waals surface area contributed by atoms with Crippen molar-refractivity contribution in [3.05, 3.63) is 74.5 Å². The summed E-state index contributed by atoms with van der Waals surface area (Å²) in [7, 11) is 1.58. The third kappa shape index (κ3) is 4.22. The topological polar surface area (TPSA) is 103 Å². The zero-order valence-corrected chi connectivity index (χ0v) is 15.8. The molecule has 0 saturated carbocycles. The number of anilines is 1. The molecule has 0 spiro atoms. The maximum atomic E-state index is 12.2. The highest BCUT2D eigenvalue weighted by Crippen LogP contribution is 2.21. The van der Waals surface area contributed by atoms with E-state index in [2.05, 4.69) is 36.4 Å². The van der Waals surface area contributed by atoms with Crippen LogP contribution in [-0.2, 0) is 0 Å². The zero-order valence-electron chi connectivity index (χ0n) is 14.2. The van der Waals surface area contributed by atoms with Crippen molar-refractivity contribution in [2.24, 2.45) is 5.10 Å². The average Bonchev–Trinajstić information content (AvgIpc) is 2.69. The number of halogens is 1. The van der Waals surface area contributed by atoms with Crippen LogP contribution in [0.5, 0.6) is 5.75 Å². The molecule has 27 heavy (non-hydrogen) atoms. The van der Waals surface area contributed by atoms with Crippen LogP contribution in [-0.4, -0.2) is 23.3 Å². The van der Waals surface area contributed by atoms with Crippen LogP contribution in [0.15, 0.2) is 62.9 Å². The van der Waals surface area contributed by atoms with E-state index in [-0.39, 0.29) is 11.5 Å². The van der Waals surface area contributed by atoms with Gasteiger partial charge in [-0.2, -0.15) is 10.4 Å². The number of aromatic amines is 1. The molecule has 2 aromatic carbocycles. The fraction of sp³-hybridized carbons (Fsp3) is 0.0526. The smallest absolute Gasteiger partial charge is 0.270 e. The molecular formula is C19H14BrN5O2. The summed E-state index contributed by atoms with van der Waals surface area (Å²) in [6.07, 6.45) is 1.56. The maximum Gasteiger partial charge on any atom is 0.270 e. The number of hydrogen-bond donors (Lipinski definition) is 2. The second-order valence-corrected chi connectivity index (χ2v) is 6.23. The van der Waals surface area contributed by atoms with Crippen LogP contribution >= 0.6 is 15.9 Å². The Morgan fingerprint density at radius 2 is 2.07 bits per heavy atom. The molecule has 0 aliphatic carbocycles. The van der Waals surface area contributed by atoms with Gasteiger partial charge in [-0.3, -0.25) is 9.78 Å². The van der Waals surface area contributed by atoms with E-state index in [4.69, 9.17) is 4.74 Å². The highest BCUT2D eigenvalue weighted by Gasteiger charge is 2.12. The SMILES string of the molecule is COc1ccc(Br)c(C=NNc2nc(-c3ccccc3)c(C#N)c(=O)[nH]2)c1. The number of nitriles is 1. The number of nitrogens with one attached hydrogen (secondary N) is 2. The first kappa shape index (κ1) is 18.4. The lowest BCUT2D eigenvalue weighted by Gasteiger charge is -2.06. The largest absolute Gasteiger partial charge is 0.497 e. The second-order valence-electron chi connectivity index (χ2n) is 5.37. The molecule has 134 valence electrons. The molecule has 3 rings (SSSR count). The lowest BCUT2D eigenvalue weighted by molar-refractivity contribution is 0.414. The third-order valence-corrected chi connectivity index (χ3v) is 4.38. The van der Waals surface area contributed by atoms with Gasteiger partial charge in [0.05, 0.1) is 19.0 Å². The lowest BCUT2D eigenvalue weighted by Crippen LogP contribution is -2.16. The van der Waals surface area contributed by atoms with Crippen LogP contribution in [0.25, 0.3) is 11.3 Å². The Labute approximate surface area is 163 Å². The van der Waals surface area contributed by atoms with Crippen molar-refractivity contribution in [1.82, 2.24) is 9.97 Å². The van der Waals surface area contributed by atoms with E-state index in [1.54, 1.807) is 31.5 Å². The van der Waals surface area contributed by atoms with E-state index in [1.807, 2.05) is 36.4 Å². The normalized spacial score (nSPS) is 10.6. The molecule has 0 aliphatic heterocycles. The molecule has 1 heterocycles. The quantitative estimate of drug-likeness (QED) is 0.482. The Bertz CT molecular complexity index is 1090. The number of hydrogen-bond acceptors (Lipinski definition) is 6. The molecule has 0 saturated heterocycles. The lowest BCUT2D eigenvalue weighted by atomic mass is 10.1. The van der Waals surface area contributed by atoms with Gasteiger partial charge in [0.25, 0.3) is 5.56 Å². The van der Waals surface area contributed by atoms with Gasteiger partial charge in [-0.05, 0) is 18.2 Å². The predicted octanol–water partition coefficient (Wildman–Crippen LogP) is 3.53. The Morgan fingerprint density at radius 1 is 1.30 bits per heavy atom. The van der Waals surface area contributed by atoms with Gasteiger partial charge < -0.3 is 4.74 Å². The predicted molar refractivity (Wildman–Crippen MR) is 107 cm³/mol. The molecule has 3 aromatic rings. The Kier molecular flexibility index (Phi) is 5.64. The number of hydrazone groups is 1. The summed E-state index contributed by atoms with van der Waals surface area (Å²) in [5, 5.41) is 13.4. The summed E-state index contributed by atoms with van der Waals surface area (Å²) in [6, 6.07) is 16.4. The highest BCUT2D eigenvalue weighted by molar-refractivity contribution is 9.10. The van der Waals surface area contributed by atoms with Gasteiger partial charge in [0.2, 0.25) is 5.95 Å². The Morgan fingerprint density at radius 3 is 2.78 bits per heavy atom. The molecule has 2 N–H and O–H groups in total. The summed E-state index contributed by atoms with van der Waals surface area (Å²) < 4.78 is 6.02. The fourth-order valence-corrected chi connectivity index (χ4v) is 2.69. The molecule has 0 atom stereocenters. The molecule has 0 fully saturated rings. The minimum Gasteiger partial charge on any atom is -0.497 e. The first-order chi connectivity index (χ1) is 13.1.